The molecule has 0 spiro atoms. The predicted molar refractivity (Wildman–Crippen MR) is 64.0 cm³/mol. The van der Waals surface area contributed by atoms with Crippen molar-refractivity contribution in [1.29, 1.82) is 0 Å². The smallest absolute Gasteiger partial charge is 0.220 e. The molecule has 0 unspecified atom stereocenters. The minimum Gasteiger partial charge on any atom is -0.349 e. The number of carbonyl (C=O) groups excluding carboxylic acids is 1. The molecule has 3 heteroatoms. The average Bonchev–Trinajstić information content (AvgIpc) is 2.57. The molecular formula is C11H12INO. The summed E-state index contributed by atoms with van der Waals surface area (Å²) < 4.78 is 1.27. The molecule has 1 aliphatic heterocycles. The van der Waals surface area contributed by atoms with Crippen LogP contribution in [0.15, 0.2) is 18.2 Å². The Labute approximate surface area is 97.2 Å². The van der Waals surface area contributed by atoms with Crippen LogP contribution in [0, 0.1) is 10.5 Å². The van der Waals surface area contributed by atoms with Crippen molar-refractivity contribution >= 4 is 28.5 Å². The van der Waals surface area contributed by atoms with Crippen LogP contribution in [-0.4, -0.2) is 5.91 Å². The summed E-state index contributed by atoms with van der Waals surface area (Å²) in [6, 6.07) is 6.61. The van der Waals surface area contributed by atoms with E-state index in [-0.39, 0.29) is 11.9 Å². The lowest BCUT2D eigenvalue weighted by atomic mass is 10.0. The summed E-state index contributed by atoms with van der Waals surface area (Å²) in [5, 5.41) is 2.98. The molecule has 0 aromatic heterocycles. The van der Waals surface area contributed by atoms with Gasteiger partial charge in [0.15, 0.2) is 0 Å². The zero-order valence-electron chi connectivity index (χ0n) is 8.01. The van der Waals surface area contributed by atoms with Crippen molar-refractivity contribution in [1.82, 2.24) is 5.32 Å². The Morgan fingerprint density at radius 3 is 2.86 bits per heavy atom. The van der Waals surface area contributed by atoms with E-state index in [0.717, 1.165) is 6.42 Å². The summed E-state index contributed by atoms with van der Waals surface area (Å²) in [4.78, 5) is 11.1. The van der Waals surface area contributed by atoms with Crippen molar-refractivity contribution in [3.8, 4) is 0 Å². The van der Waals surface area contributed by atoms with Gasteiger partial charge in [0, 0.05) is 9.99 Å². The van der Waals surface area contributed by atoms with E-state index in [1.807, 2.05) is 0 Å². The summed E-state index contributed by atoms with van der Waals surface area (Å²) in [6.45, 7) is 2.10. The highest BCUT2D eigenvalue weighted by molar-refractivity contribution is 14.1. The summed E-state index contributed by atoms with van der Waals surface area (Å²) >= 11 is 2.32. The Bertz CT molecular complexity index is 376. The van der Waals surface area contributed by atoms with Crippen molar-refractivity contribution < 1.29 is 4.79 Å². The Morgan fingerprint density at radius 1 is 1.50 bits per heavy atom. The van der Waals surface area contributed by atoms with Crippen molar-refractivity contribution in [2.45, 2.75) is 25.8 Å². The maximum absolute atomic E-state index is 11.1. The van der Waals surface area contributed by atoms with Gasteiger partial charge < -0.3 is 5.32 Å². The molecule has 1 fully saturated rings. The average molecular weight is 301 g/mol. The number of amides is 1. The van der Waals surface area contributed by atoms with Gasteiger partial charge in [0.05, 0.1) is 6.04 Å². The fourth-order valence-corrected chi connectivity index (χ4v) is 2.08. The second-order valence-corrected chi connectivity index (χ2v) is 4.83. The van der Waals surface area contributed by atoms with Crippen molar-refractivity contribution in [2.75, 3.05) is 0 Å². The Morgan fingerprint density at radius 2 is 2.29 bits per heavy atom. The fourth-order valence-electron chi connectivity index (χ4n) is 1.75. The first-order valence-electron chi connectivity index (χ1n) is 4.72. The van der Waals surface area contributed by atoms with Crippen LogP contribution in [0.2, 0.25) is 0 Å². The third-order valence-electron chi connectivity index (χ3n) is 2.58. The van der Waals surface area contributed by atoms with E-state index in [1.54, 1.807) is 0 Å². The van der Waals surface area contributed by atoms with Gasteiger partial charge in [0.25, 0.3) is 0 Å². The molecule has 1 aromatic rings. The number of nitrogens with one attached hydrogen (secondary N) is 1. The Hall–Kier alpha value is -0.580. The van der Waals surface area contributed by atoms with E-state index < -0.39 is 0 Å². The molecule has 1 heterocycles. The minimum atomic E-state index is 0.172. The number of hydrogen-bond acceptors (Lipinski definition) is 1. The van der Waals surface area contributed by atoms with Gasteiger partial charge in [-0.15, -0.1) is 0 Å². The molecule has 0 bridgehead atoms. The quantitative estimate of drug-likeness (QED) is 0.794. The number of hydrogen-bond donors (Lipinski definition) is 1. The van der Waals surface area contributed by atoms with Gasteiger partial charge >= 0.3 is 0 Å². The normalized spacial score (nSPS) is 21.0. The van der Waals surface area contributed by atoms with Crippen molar-refractivity contribution in [3.05, 3.63) is 32.9 Å². The van der Waals surface area contributed by atoms with E-state index in [9.17, 15) is 4.79 Å². The maximum Gasteiger partial charge on any atom is 0.220 e. The second-order valence-electron chi connectivity index (χ2n) is 3.67. The summed E-state index contributed by atoms with van der Waals surface area (Å²) in [5.41, 5.74) is 2.51. The SMILES string of the molecule is Cc1cc([C@@H]2CCC(=O)N2)ccc1I. The van der Waals surface area contributed by atoms with Crippen LogP contribution >= 0.6 is 22.6 Å². The predicted octanol–water partition coefficient (Wildman–Crippen LogP) is 2.55. The number of aryl methyl sites for hydroxylation is 1. The molecule has 1 atom stereocenters. The van der Waals surface area contributed by atoms with E-state index in [1.165, 1.54) is 14.7 Å². The third kappa shape index (κ3) is 1.92. The molecule has 2 rings (SSSR count). The molecule has 1 aromatic carbocycles. The van der Waals surface area contributed by atoms with Crippen LogP contribution in [-0.2, 0) is 4.79 Å². The highest BCUT2D eigenvalue weighted by Crippen LogP contribution is 2.25. The standard InChI is InChI=1S/C11H12INO/c1-7-6-8(2-3-9(7)12)10-4-5-11(14)13-10/h2-3,6,10H,4-5H2,1H3,(H,13,14)/t10-/m0/s1. The summed E-state index contributed by atoms with van der Waals surface area (Å²) in [5.74, 6) is 0.172. The minimum absolute atomic E-state index is 0.172. The molecular weight excluding hydrogens is 289 g/mol. The molecule has 0 saturated carbocycles. The molecule has 0 radical (unpaired) electrons. The Balaban J connectivity index is 2.24. The van der Waals surface area contributed by atoms with E-state index in [0.29, 0.717) is 6.42 Å². The lowest BCUT2D eigenvalue weighted by Crippen LogP contribution is -2.18. The fraction of sp³-hybridized carbons (Fsp3) is 0.364. The van der Waals surface area contributed by atoms with Crippen LogP contribution in [0.4, 0.5) is 0 Å². The number of rotatable bonds is 1. The van der Waals surface area contributed by atoms with Gasteiger partial charge in [-0.1, -0.05) is 12.1 Å². The topological polar surface area (TPSA) is 29.1 Å². The highest BCUT2D eigenvalue weighted by atomic mass is 127. The number of benzene rings is 1. The molecule has 74 valence electrons. The lowest BCUT2D eigenvalue weighted by molar-refractivity contribution is -0.119. The van der Waals surface area contributed by atoms with E-state index in [4.69, 9.17) is 0 Å². The van der Waals surface area contributed by atoms with E-state index in [2.05, 4.69) is 53.0 Å². The zero-order valence-corrected chi connectivity index (χ0v) is 10.2. The van der Waals surface area contributed by atoms with Crippen LogP contribution in [0.5, 0.6) is 0 Å². The summed E-state index contributed by atoms with van der Waals surface area (Å²) in [7, 11) is 0. The van der Waals surface area contributed by atoms with Crippen molar-refractivity contribution in [3.63, 3.8) is 0 Å². The third-order valence-corrected chi connectivity index (χ3v) is 3.79. The lowest BCUT2D eigenvalue weighted by Gasteiger charge is -2.11. The molecule has 1 N–H and O–H groups in total. The first-order chi connectivity index (χ1) is 6.66. The molecule has 2 nitrogen and oxygen atoms in total. The first kappa shape index (κ1) is 9.96. The summed E-state index contributed by atoms with van der Waals surface area (Å²) in [6.07, 6.45) is 1.59. The monoisotopic (exact) mass is 301 g/mol. The van der Waals surface area contributed by atoms with Crippen LogP contribution in [0.25, 0.3) is 0 Å². The van der Waals surface area contributed by atoms with Gasteiger partial charge in [0.1, 0.15) is 0 Å². The molecule has 1 saturated heterocycles. The highest BCUT2D eigenvalue weighted by Gasteiger charge is 2.22. The van der Waals surface area contributed by atoms with Crippen LogP contribution < -0.4 is 5.32 Å². The molecule has 14 heavy (non-hydrogen) atoms. The van der Waals surface area contributed by atoms with Gasteiger partial charge in [-0.25, -0.2) is 0 Å². The first-order valence-corrected chi connectivity index (χ1v) is 5.80. The van der Waals surface area contributed by atoms with Gasteiger partial charge in [-0.2, -0.15) is 0 Å². The van der Waals surface area contributed by atoms with E-state index >= 15 is 0 Å². The molecule has 0 aliphatic carbocycles. The van der Waals surface area contributed by atoms with Gasteiger partial charge in [-0.3, -0.25) is 4.79 Å². The Kier molecular flexibility index (Phi) is 2.76. The maximum atomic E-state index is 11.1. The largest absolute Gasteiger partial charge is 0.349 e. The zero-order chi connectivity index (χ0) is 10.1. The van der Waals surface area contributed by atoms with Gasteiger partial charge in [-0.05, 0) is 53.1 Å². The second kappa shape index (κ2) is 3.88. The number of carbonyl (C=O) groups is 1. The molecule has 1 amide bonds. The van der Waals surface area contributed by atoms with Gasteiger partial charge in [0.2, 0.25) is 5.91 Å². The number of halogens is 1. The van der Waals surface area contributed by atoms with Crippen LogP contribution in [0.3, 0.4) is 0 Å². The van der Waals surface area contributed by atoms with Crippen LogP contribution in [0.1, 0.15) is 30.0 Å². The molecule has 1 aliphatic rings. The van der Waals surface area contributed by atoms with Crippen molar-refractivity contribution in [2.24, 2.45) is 0 Å².